The highest BCUT2D eigenvalue weighted by atomic mass is 32.2. The molecule has 174 valence electrons. The van der Waals surface area contributed by atoms with Crippen molar-refractivity contribution < 1.29 is 26.7 Å². The van der Waals surface area contributed by atoms with Crippen molar-refractivity contribution in [2.24, 2.45) is 11.8 Å². The Kier molecular flexibility index (Phi) is 5.52. The molecule has 2 aliphatic heterocycles. The van der Waals surface area contributed by atoms with Crippen LogP contribution in [0.5, 0.6) is 11.5 Å². The number of halogens is 1. The van der Waals surface area contributed by atoms with Gasteiger partial charge in [0.05, 0.1) is 10.5 Å². The van der Waals surface area contributed by atoms with Crippen LogP contribution in [0.4, 0.5) is 10.3 Å². The van der Waals surface area contributed by atoms with Crippen molar-refractivity contribution >= 4 is 15.7 Å². The molecule has 1 fully saturated rings. The van der Waals surface area contributed by atoms with E-state index in [0.717, 1.165) is 6.42 Å². The standard InChI is InChI=1S/C24H25FN2O5S/c1-15-11-16(2)14-27(13-15)24-23(26-22(32-24)18-5-3-4-6-19(18)25)33(28,29)17-7-8-20-21(12-17)31-10-9-30-20/h3-8,12,15-16H,9-11,13-14H2,1-2H3. The molecule has 0 bridgehead atoms. The van der Waals surface area contributed by atoms with Gasteiger partial charge in [-0.3, -0.25) is 0 Å². The van der Waals surface area contributed by atoms with Crippen LogP contribution in [-0.2, 0) is 9.84 Å². The predicted molar refractivity (Wildman–Crippen MR) is 120 cm³/mol. The van der Waals surface area contributed by atoms with Crippen LogP contribution in [0.25, 0.3) is 11.5 Å². The van der Waals surface area contributed by atoms with Crippen molar-refractivity contribution in [2.45, 2.75) is 30.2 Å². The summed E-state index contributed by atoms with van der Waals surface area (Å²) in [5, 5.41) is -0.223. The average molecular weight is 473 g/mol. The van der Waals surface area contributed by atoms with Gasteiger partial charge < -0.3 is 18.8 Å². The van der Waals surface area contributed by atoms with Crippen molar-refractivity contribution in [1.82, 2.24) is 4.98 Å². The van der Waals surface area contributed by atoms with Gasteiger partial charge in [0, 0.05) is 19.2 Å². The lowest BCUT2D eigenvalue weighted by Crippen LogP contribution is -2.39. The third-order valence-electron chi connectivity index (χ3n) is 5.92. The molecule has 2 aliphatic rings. The smallest absolute Gasteiger partial charge is 0.236 e. The minimum absolute atomic E-state index is 0.0134. The van der Waals surface area contributed by atoms with Gasteiger partial charge in [0.2, 0.25) is 26.6 Å². The van der Waals surface area contributed by atoms with E-state index >= 15 is 0 Å². The lowest BCUT2D eigenvalue weighted by molar-refractivity contribution is 0.171. The van der Waals surface area contributed by atoms with Gasteiger partial charge in [-0.15, -0.1) is 0 Å². The van der Waals surface area contributed by atoms with Crippen LogP contribution in [-0.4, -0.2) is 39.7 Å². The molecule has 5 rings (SSSR count). The molecule has 2 unspecified atom stereocenters. The highest BCUT2D eigenvalue weighted by Gasteiger charge is 2.35. The number of ether oxygens (including phenoxy) is 2. The maximum atomic E-state index is 14.5. The van der Waals surface area contributed by atoms with Crippen molar-refractivity contribution in [3.63, 3.8) is 0 Å². The topological polar surface area (TPSA) is 81.9 Å². The average Bonchev–Trinajstić information content (AvgIpc) is 3.25. The Morgan fingerprint density at radius 3 is 2.42 bits per heavy atom. The first-order valence-corrected chi connectivity index (χ1v) is 12.5. The SMILES string of the molecule is CC1CC(C)CN(c2oc(-c3ccccc3F)nc2S(=O)(=O)c2ccc3c(c2)OCCO3)C1. The highest BCUT2D eigenvalue weighted by molar-refractivity contribution is 7.91. The van der Waals surface area contributed by atoms with Gasteiger partial charge in [-0.25, -0.2) is 12.8 Å². The monoisotopic (exact) mass is 472 g/mol. The lowest BCUT2D eigenvalue weighted by atomic mass is 9.92. The molecule has 0 N–H and O–H groups in total. The second-order valence-corrected chi connectivity index (χ2v) is 10.6. The van der Waals surface area contributed by atoms with Crippen LogP contribution < -0.4 is 14.4 Å². The van der Waals surface area contributed by atoms with E-state index in [1.54, 1.807) is 18.2 Å². The summed E-state index contributed by atoms with van der Waals surface area (Å²) >= 11 is 0. The Hall–Kier alpha value is -3.07. The second kappa shape index (κ2) is 8.37. The second-order valence-electron chi connectivity index (χ2n) is 8.77. The van der Waals surface area contributed by atoms with E-state index < -0.39 is 15.7 Å². The Balaban J connectivity index is 1.64. The van der Waals surface area contributed by atoms with Crippen LogP contribution in [0.15, 0.2) is 56.8 Å². The number of piperidine rings is 1. The van der Waals surface area contributed by atoms with E-state index in [-0.39, 0.29) is 27.3 Å². The number of anilines is 1. The molecule has 0 saturated carbocycles. The summed E-state index contributed by atoms with van der Waals surface area (Å²) in [7, 11) is -4.09. The largest absolute Gasteiger partial charge is 0.486 e. The minimum atomic E-state index is -4.09. The minimum Gasteiger partial charge on any atom is -0.486 e. The summed E-state index contributed by atoms with van der Waals surface area (Å²) in [6, 6.07) is 10.5. The van der Waals surface area contributed by atoms with Gasteiger partial charge in [0.1, 0.15) is 19.0 Å². The molecule has 1 saturated heterocycles. The first kappa shape index (κ1) is 21.8. The predicted octanol–water partition coefficient (Wildman–Crippen LogP) is 4.57. The summed E-state index contributed by atoms with van der Waals surface area (Å²) in [5.74, 6) is 1.09. The molecule has 2 aromatic carbocycles. The maximum Gasteiger partial charge on any atom is 0.236 e. The van der Waals surface area contributed by atoms with E-state index in [2.05, 4.69) is 18.8 Å². The van der Waals surface area contributed by atoms with Gasteiger partial charge >= 0.3 is 0 Å². The molecule has 0 aliphatic carbocycles. The third kappa shape index (κ3) is 4.06. The molecule has 1 aromatic heterocycles. The van der Waals surface area contributed by atoms with Crippen molar-refractivity contribution in [3.8, 4) is 23.0 Å². The number of aromatic nitrogens is 1. The van der Waals surface area contributed by atoms with Gasteiger partial charge in [-0.1, -0.05) is 26.0 Å². The first-order chi connectivity index (χ1) is 15.8. The van der Waals surface area contributed by atoms with Crippen LogP contribution >= 0.6 is 0 Å². The van der Waals surface area contributed by atoms with Crippen molar-refractivity contribution in [3.05, 3.63) is 48.3 Å². The van der Waals surface area contributed by atoms with E-state index in [9.17, 15) is 12.8 Å². The number of sulfone groups is 1. The van der Waals surface area contributed by atoms with Crippen LogP contribution in [0.3, 0.4) is 0 Å². The number of benzene rings is 2. The molecule has 0 radical (unpaired) electrons. The normalized spacial score (nSPS) is 20.6. The molecule has 3 heterocycles. The summed E-state index contributed by atoms with van der Waals surface area (Å²) in [6.45, 7) is 6.23. The van der Waals surface area contributed by atoms with E-state index in [0.29, 0.717) is 49.6 Å². The molecule has 9 heteroatoms. The number of fused-ring (bicyclic) bond motifs is 1. The number of nitrogens with zero attached hydrogens (tertiary/aromatic N) is 2. The summed E-state index contributed by atoms with van der Waals surface area (Å²) in [6.07, 6.45) is 1.04. The fourth-order valence-electron chi connectivity index (χ4n) is 4.55. The third-order valence-corrected chi connectivity index (χ3v) is 7.57. The zero-order valence-corrected chi connectivity index (χ0v) is 19.3. The molecule has 3 aromatic rings. The van der Waals surface area contributed by atoms with Crippen molar-refractivity contribution in [1.29, 1.82) is 0 Å². The molecule has 0 spiro atoms. The molecule has 33 heavy (non-hydrogen) atoms. The number of hydrogen-bond acceptors (Lipinski definition) is 7. The Morgan fingerprint density at radius 2 is 1.70 bits per heavy atom. The summed E-state index contributed by atoms with van der Waals surface area (Å²) in [5.41, 5.74) is 0.112. The zero-order chi connectivity index (χ0) is 23.2. The van der Waals surface area contributed by atoms with Gasteiger partial charge in [-0.2, -0.15) is 4.98 Å². The Morgan fingerprint density at radius 1 is 1.00 bits per heavy atom. The Bertz CT molecular complexity index is 1280. The quantitative estimate of drug-likeness (QED) is 0.550. The first-order valence-electron chi connectivity index (χ1n) is 11.0. The highest BCUT2D eigenvalue weighted by Crippen LogP contribution is 2.40. The van der Waals surface area contributed by atoms with E-state index in [4.69, 9.17) is 13.9 Å². The zero-order valence-electron chi connectivity index (χ0n) is 18.5. The van der Waals surface area contributed by atoms with Crippen molar-refractivity contribution in [2.75, 3.05) is 31.2 Å². The van der Waals surface area contributed by atoms with Gasteiger partial charge in [-0.05, 0) is 42.5 Å². The molecular formula is C24H25FN2O5S. The fourth-order valence-corrected chi connectivity index (χ4v) is 5.89. The molecule has 2 atom stereocenters. The molecular weight excluding hydrogens is 447 g/mol. The maximum absolute atomic E-state index is 14.5. The van der Waals surface area contributed by atoms with Gasteiger partial charge in [0.15, 0.2) is 11.5 Å². The summed E-state index contributed by atoms with van der Waals surface area (Å²) in [4.78, 5) is 6.24. The Labute approximate surface area is 192 Å². The van der Waals surface area contributed by atoms with Crippen LogP contribution in [0.2, 0.25) is 0 Å². The number of oxazole rings is 1. The molecule has 7 nitrogen and oxygen atoms in total. The van der Waals surface area contributed by atoms with Crippen LogP contribution in [0, 0.1) is 17.7 Å². The van der Waals surface area contributed by atoms with E-state index in [1.807, 2.05) is 4.90 Å². The number of rotatable bonds is 4. The lowest BCUT2D eigenvalue weighted by Gasteiger charge is -2.34. The van der Waals surface area contributed by atoms with Crippen LogP contribution in [0.1, 0.15) is 20.3 Å². The summed E-state index contributed by atoms with van der Waals surface area (Å²) < 4.78 is 59.0. The molecule has 0 amide bonds. The number of hydrogen-bond donors (Lipinski definition) is 0. The fraction of sp³-hybridized carbons (Fsp3) is 0.375. The van der Waals surface area contributed by atoms with Gasteiger partial charge in [0.25, 0.3) is 0 Å². The van der Waals surface area contributed by atoms with E-state index in [1.165, 1.54) is 24.3 Å².